The summed E-state index contributed by atoms with van der Waals surface area (Å²) in [6.07, 6.45) is 4.40. The number of pyridine rings is 1. The third kappa shape index (κ3) is 6.64. The molecular weight excluding hydrogens is 456 g/mol. The molecule has 0 saturated carbocycles. The van der Waals surface area contributed by atoms with E-state index in [1.54, 1.807) is 12.1 Å². The van der Waals surface area contributed by atoms with Gasteiger partial charge in [0.1, 0.15) is 11.6 Å². The first-order valence-electron chi connectivity index (χ1n) is 9.21. The molecule has 0 spiro atoms. The highest BCUT2D eigenvalue weighted by atomic mass is 127. The fourth-order valence-corrected chi connectivity index (χ4v) is 2.94. The average Bonchev–Trinajstić information content (AvgIpc) is 3.20. The van der Waals surface area contributed by atoms with E-state index in [9.17, 15) is 4.39 Å². The Hall–Kier alpha value is -1.90. The highest BCUT2D eigenvalue weighted by molar-refractivity contribution is 14.0. The number of nitrogens with zero attached hydrogens (tertiary/aromatic N) is 3. The van der Waals surface area contributed by atoms with Crippen molar-refractivity contribution in [1.29, 1.82) is 0 Å². The lowest BCUT2D eigenvalue weighted by Crippen LogP contribution is -2.36. The fraction of sp³-hybridized carbons (Fsp3) is 0.400. The molecule has 2 aromatic rings. The van der Waals surface area contributed by atoms with Gasteiger partial charge in [-0.25, -0.2) is 14.4 Å². The van der Waals surface area contributed by atoms with Gasteiger partial charge in [0.25, 0.3) is 0 Å². The SMILES string of the molecule is CCNC(=NCc1ccc(N2CCCC2)nc1)NCc1ccc(F)cc1.I. The van der Waals surface area contributed by atoms with Crippen LogP contribution in [0.1, 0.15) is 30.9 Å². The highest BCUT2D eigenvalue weighted by Gasteiger charge is 2.12. The molecule has 0 unspecified atom stereocenters. The Morgan fingerprint density at radius 1 is 1.07 bits per heavy atom. The van der Waals surface area contributed by atoms with Crippen molar-refractivity contribution in [3.63, 3.8) is 0 Å². The van der Waals surface area contributed by atoms with Crippen LogP contribution in [0.3, 0.4) is 0 Å². The first kappa shape index (κ1) is 21.4. The predicted molar refractivity (Wildman–Crippen MR) is 119 cm³/mol. The molecule has 146 valence electrons. The topological polar surface area (TPSA) is 52.6 Å². The van der Waals surface area contributed by atoms with Gasteiger partial charge >= 0.3 is 0 Å². The number of hydrogen-bond donors (Lipinski definition) is 2. The quantitative estimate of drug-likeness (QED) is 0.374. The number of anilines is 1. The Morgan fingerprint density at radius 3 is 2.41 bits per heavy atom. The molecular formula is C20H27FIN5. The van der Waals surface area contributed by atoms with Gasteiger partial charge in [0.2, 0.25) is 0 Å². The van der Waals surface area contributed by atoms with Crippen LogP contribution < -0.4 is 15.5 Å². The van der Waals surface area contributed by atoms with Gasteiger partial charge in [0.05, 0.1) is 6.54 Å². The third-order valence-corrected chi connectivity index (χ3v) is 4.38. The van der Waals surface area contributed by atoms with Crippen LogP contribution in [0.5, 0.6) is 0 Å². The molecule has 1 aromatic heterocycles. The van der Waals surface area contributed by atoms with Crippen LogP contribution in [0.15, 0.2) is 47.6 Å². The Kier molecular flexibility index (Phi) is 8.77. The molecule has 1 fully saturated rings. The summed E-state index contributed by atoms with van der Waals surface area (Å²) in [4.78, 5) is 11.5. The van der Waals surface area contributed by atoms with E-state index in [1.807, 2.05) is 13.1 Å². The number of rotatable bonds is 6. The Morgan fingerprint density at radius 2 is 1.78 bits per heavy atom. The number of aromatic nitrogens is 1. The zero-order valence-electron chi connectivity index (χ0n) is 15.6. The normalized spacial score (nSPS) is 14.0. The van der Waals surface area contributed by atoms with Gasteiger partial charge < -0.3 is 15.5 Å². The number of guanidine groups is 1. The molecule has 7 heteroatoms. The molecule has 0 amide bonds. The second-order valence-corrected chi connectivity index (χ2v) is 6.39. The summed E-state index contributed by atoms with van der Waals surface area (Å²) in [5, 5.41) is 6.50. The second kappa shape index (κ2) is 11.1. The molecule has 0 bridgehead atoms. The van der Waals surface area contributed by atoms with Gasteiger partial charge in [-0.05, 0) is 49.1 Å². The van der Waals surface area contributed by atoms with Crippen LogP contribution in [0.2, 0.25) is 0 Å². The minimum absolute atomic E-state index is 0. The summed E-state index contributed by atoms with van der Waals surface area (Å²) in [7, 11) is 0. The molecule has 2 heterocycles. The second-order valence-electron chi connectivity index (χ2n) is 6.39. The van der Waals surface area contributed by atoms with Crippen molar-refractivity contribution in [3.8, 4) is 0 Å². The van der Waals surface area contributed by atoms with Gasteiger partial charge in [-0.1, -0.05) is 18.2 Å². The zero-order chi connectivity index (χ0) is 18.2. The summed E-state index contributed by atoms with van der Waals surface area (Å²) >= 11 is 0. The lowest BCUT2D eigenvalue weighted by atomic mass is 10.2. The molecule has 1 aliphatic rings. The lowest BCUT2D eigenvalue weighted by Gasteiger charge is -2.16. The van der Waals surface area contributed by atoms with Crippen LogP contribution in [0, 0.1) is 5.82 Å². The van der Waals surface area contributed by atoms with Gasteiger partial charge in [-0.15, -0.1) is 24.0 Å². The van der Waals surface area contributed by atoms with Crippen LogP contribution in [0.4, 0.5) is 10.2 Å². The van der Waals surface area contributed by atoms with Crippen molar-refractivity contribution in [2.45, 2.75) is 32.9 Å². The van der Waals surface area contributed by atoms with E-state index in [2.05, 4.69) is 37.6 Å². The number of benzene rings is 1. The van der Waals surface area contributed by atoms with Crippen LogP contribution in [-0.2, 0) is 13.1 Å². The molecule has 5 nitrogen and oxygen atoms in total. The number of nitrogens with one attached hydrogen (secondary N) is 2. The summed E-state index contributed by atoms with van der Waals surface area (Å²) in [6.45, 7) is 6.16. The van der Waals surface area contributed by atoms with Gasteiger partial charge in [-0.2, -0.15) is 0 Å². The van der Waals surface area contributed by atoms with E-state index in [-0.39, 0.29) is 29.8 Å². The minimum Gasteiger partial charge on any atom is -0.357 e. The largest absolute Gasteiger partial charge is 0.357 e. The molecule has 0 radical (unpaired) electrons. The predicted octanol–water partition coefficient (Wildman–Crippen LogP) is 3.69. The Labute approximate surface area is 177 Å². The number of hydrogen-bond acceptors (Lipinski definition) is 3. The fourth-order valence-electron chi connectivity index (χ4n) is 2.94. The summed E-state index contributed by atoms with van der Waals surface area (Å²) in [5.41, 5.74) is 2.08. The van der Waals surface area contributed by atoms with Crippen LogP contribution in [0.25, 0.3) is 0 Å². The first-order valence-corrected chi connectivity index (χ1v) is 9.21. The smallest absolute Gasteiger partial charge is 0.191 e. The van der Waals surface area contributed by atoms with Gasteiger partial charge in [0, 0.05) is 32.4 Å². The maximum absolute atomic E-state index is 13.0. The average molecular weight is 483 g/mol. The maximum atomic E-state index is 13.0. The van der Waals surface area contributed by atoms with Crippen molar-refractivity contribution >= 4 is 35.8 Å². The van der Waals surface area contributed by atoms with Crippen molar-refractivity contribution in [2.75, 3.05) is 24.5 Å². The van der Waals surface area contributed by atoms with E-state index >= 15 is 0 Å². The van der Waals surface area contributed by atoms with Gasteiger partial charge in [-0.3, -0.25) is 0 Å². The number of aliphatic imine (C=N–C) groups is 1. The Bertz CT molecular complexity index is 712. The van der Waals surface area contributed by atoms with Crippen LogP contribution in [-0.4, -0.2) is 30.6 Å². The molecule has 1 aliphatic heterocycles. The van der Waals surface area contributed by atoms with Gasteiger partial charge in [0.15, 0.2) is 5.96 Å². The monoisotopic (exact) mass is 483 g/mol. The third-order valence-electron chi connectivity index (χ3n) is 4.38. The molecule has 0 aliphatic carbocycles. The molecule has 1 aromatic carbocycles. The standard InChI is InChI=1S/C20H26FN5.HI/c1-2-22-20(24-13-16-5-8-18(21)9-6-16)25-15-17-7-10-19(23-14-17)26-11-3-4-12-26;/h5-10,14H,2-4,11-13,15H2,1H3,(H2,22,24,25);1H. The van der Waals surface area contributed by atoms with Crippen LogP contribution >= 0.6 is 24.0 Å². The maximum Gasteiger partial charge on any atom is 0.191 e. The Balaban J connectivity index is 0.00000261. The molecule has 3 rings (SSSR count). The van der Waals surface area contributed by atoms with E-state index in [0.717, 1.165) is 42.5 Å². The summed E-state index contributed by atoms with van der Waals surface area (Å²) < 4.78 is 13.0. The molecule has 27 heavy (non-hydrogen) atoms. The minimum atomic E-state index is -0.223. The van der Waals surface area contributed by atoms with Crippen molar-refractivity contribution in [3.05, 3.63) is 59.5 Å². The van der Waals surface area contributed by atoms with Crippen molar-refractivity contribution in [2.24, 2.45) is 4.99 Å². The molecule has 2 N–H and O–H groups in total. The van der Waals surface area contributed by atoms with Crippen molar-refractivity contribution < 1.29 is 4.39 Å². The summed E-state index contributed by atoms with van der Waals surface area (Å²) in [6, 6.07) is 10.6. The lowest BCUT2D eigenvalue weighted by molar-refractivity contribution is 0.626. The van der Waals surface area contributed by atoms with E-state index in [4.69, 9.17) is 0 Å². The first-order chi connectivity index (χ1) is 12.7. The molecule has 0 atom stereocenters. The van der Waals surface area contributed by atoms with E-state index in [0.29, 0.717) is 13.1 Å². The van der Waals surface area contributed by atoms with Crippen molar-refractivity contribution in [1.82, 2.24) is 15.6 Å². The molecule has 1 saturated heterocycles. The highest BCUT2D eigenvalue weighted by Crippen LogP contribution is 2.17. The van der Waals surface area contributed by atoms with E-state index < -0.39 is 0 Å². The zero-order valence-corrected chi connectivity index (χ0v) is 17.9. The van der Waals surface area contributed by atoms with E-state index in [1.165, 1.54) is 25.0 Å². The summed E-state index contributed by atoms with van der Waals surface area (Å²) in [5.74, 6) is 1.57. The number of halogens is 2.